The number of thiol groups is 1. The van der Waals surface area contributed by atoms with Gasteiger partial charge in [-0.15, -0.1) is 0 Å². The Bertz CT molecular complexity index is 3560. The third-order valence-electron chi connectivity index (χ3n) is 12.6. The van der Waals surface area contributed by atoms with Crippen LogP contribution in [0.4, 0.5) is 43.9 Å². The van der Waals surface area contributed by atoms with E-state index in [0.717, 1.165) is 42.7 Å². The minimum Gasteiger partial charge on any atom is -0.481 e. The summed E-state index contributed by atoms with van der Waals surface area (Å²) in [4.78, 5) is 67.3. The summed E-state index contributed by atoms with van der Waals surface area (Å²) in [7, 11) is -8.16. The molecule has 19 nitrogen and oxygen atoms in total. The van der Waals surface area contributed by atoms with E-state index < -0.39 is 198 Å². The van der Waals surface area contributed by atoms with E-state index in [2.05, 4.69) is 32.3 Å². The minimum absolute atomic E-state index is 0.0968. The number of halogens is 11. The van der Waals surface area contributed by atoms with E-state index in [9.17, 15) is 81.0 Å². The highest BCUT2D eigenvalue weighted by atomic mass is 35.5. The van der Waals surface area contributed by atoms with Crippen LogP contribution in [0, 0.1) is 29.4 Å². The lowest BCUT2D eigenvalue weighted by atomic mass is 9.93. The lowest BCUT2D eigenvalue weighted by Gasteiger charge is -2.23. The SMILES string of the molecule is CC(C)(C#Cc1ccc(-c2ccc(Cl)c3c(CN(C(=O)C(CCC(=O)O)NC(=O)C(=O)O)[SH](=O)=O)nn(CC(F)(F)F)c23)c(C(Cc2cc(F)cc(F)c2)NC(=O)Cn2nc(C(F)(F)F)c3c2C(F)(F)[C@@H]2C[C@H]32)n1)S(C)(=O)=O. The van der Waals surface area contributed by atoms with Crippen molar-refractivity contribution in [2.24, 2.45) is 5.92 Å². The van der Waals surface area contributed by atoms with Gasteiger partial charge in [-0.2, -0.15) is 45.3 Å². The van der Waals surface area contributed by atoms with Gasteiger partial charge >= 0.3 is 30.2 Å². The van der Waals surface area contributed by atoms with Crippen molar-refractivity contribution >= 4 is 72.9 Å². The van der Waals surface area contributed by atoms with Gasteiger partial charge in [0, 0.05) is 46.7 Å². The fraction of sp³-hybridized carbons (Fsp3) is 0.391. The maximum absolute atomic E-state index is 15.6. The number of benzene rings is 2. The average molecular weight is 1170 g/mol. The van der Waals surface area contributed by atoms with Crippen molar-refractivity contribution < 1.29 is 94.9 Å². The number of carbonyl (C=O) groups excluding carboxylic acids is 3. The number of rotatable bonds is 17. The second-order valence-corrected chi connectivity index (χ2v) is 22.5. The van der Waals surface area contributed by atoms with Crippen LogP contribution in [0.5, 0.6) is 0 Å². The van der Waals surface area contributed by atoms with Crippen molar-refractivity contribution in [3.63, 3.8) is 0 Å². The lowest BCUT2D eigenvalue weighted by molar-refractivity contribution is -0.151. The molecular formula is C46H39ClF10N8O11S2. The van der Waals surface area contributed by atoms with Gasteiger partial charge in [-0.25, -0.2) is 39.7 Å². The fourth-order valence-electron chi connectivity index (χ4n) is 8.74. The number of amides is 3. The first-order valence-corrected chi connectivity index (χ1v) is 25.9. The number of carboxylic acids is 2. The lowest BCUT2D eigenvalue weighted by Crippen LogP contribution is -2.49. The number of alkyl halides is 8. The quantitative estimate of drug-likeness (QED) is 0.0329. The molecule has 2 unspecified atom stereocenters. The number of sulfone groups is 1. The van der Waals surface area contributed by atoms with Gasteiger partial charge < -0.3 is 20.8 Å². The van der Waals surface area contributed by atoms with Gasteiger partial charge in [0.1, 0.15) is 46.9 Å². The minimum atomic E-state index is -5.26. The molecule has 0 saturated heterocycles. The summed E-state index contributed by atoms with van der Waals surface area (Å²) in [6.45, 7) is -2.30. The van der Waals surface area contributed by atoms with Crippen molar-refractivity contribution in [2.75, 3.05) is 6.26 Å². The summed E-state index contributed by atoms with van der Waals surface area (Å²) < 4.78 is 197. The van der Waals surface area contributed by atoms with Gasteiger partial charge in [-0.05, 0) is 80.8 Å². The molecular weight excluding hydrogens is 1130 g/mol. The fourth-order valence-corrected chi connectivity index (χ4v) is 9.79. The number of nitrogens with one attached hydrogen (secondary N) is 2. The average Bonchev–Trinajstić information content (AvgIpc) is 3.92. The summed E-state index contributed by atoms with van der Waals surface area (Å²) >= 11 is 6.61. The molecule has 0 spiro atoms. The molecule has 1 fully saturated rings. The van der Waals surface area contributed by atoms with Crippen LogP contribution < -0.4 is 10.6 Å². The van der Waals surface area contributed by atoms with Crippen LogP contribution in [0.25, 0.3) is 22.0 Å². The molecule has 0 bridgehead atoms. The zero-order valence-corrected chi connectivity index (χ0v) is 42.5. The van der Waals surface area contributed by atoms with E-state index in [0.29, 0.717) is 6.07 Å². The molecule has 0 radical (unpaired) electrons. The van der Waals surface area contributed by atoms with Gasteiger partial charge in [0.05, 0.1) is 34.5 Å². The van der Waals surface area contributed by atoms with Crippen LogP contribution in [-0.4, -0.2) is 109 Å². The monoisotopic (exact) mass is 1170 g/mol. The number of nitrogens with zero attached hydrogens (tertiary/aromatic N) is 6. The molecule has 2 aliphatic rings. The summed E-state index contributed by atoms with van der Waals surface area (Å²) in [6.07, 6.45) is -12.5. The Kier molecular flexibility index (Phi) is 15.8. The van der Waals surface area contributed by atoms with Crippen molar-refractivity contribution in [3.8, 4) is 23.0 Å². The Morgan fingerprint density at radius 1 is 0.949 bits per heavy atom. The number of hydrogen-bond donors (Lipinski definition) is 5. The first kappa shape index (κ1) is 58.4. The Morgan fingerprint density at radius 2 is 1.59 bits per heavy atom. The van der Waals surface area contributed by atoms with Crippen molar-refractivity contribution in [1.29, 1.82) is 0 Å². The first-order valence-electron chi connectivity index (χ1n) is 22.5. The zero-order chi connectivity index (χ0) is 57.9. The van der Waals surface area contributed by atoms with Crippen LogP contribution in [0.2, 0.25) is 5.02 Å². The van der Waals surface area contributed by atoms with E-state index in [4.69, 9.17) is 16.7 Å². The molecule has 5 aromatic rings. The maximum Gasteiger partial charge on any atom is 0.435 e. The highest BCUT2D eigenvalue weighted by Crippen LogP contribution is 2.68. The van der Waals surface area contributed by atoms with E-state index in [1.165, 1.54) is 13.8 Å². The summed E-state index contributed by atoms with van der Waals surface area (Å²) in [6, 6.07) is 2.22. The Labute approximate surface area is 439 Å². The van der Waals surface area contributed by atoms with Gasteiger partial charge in [0.25, 0.3) is 11.8 Å². The smallest absolute Gasteiger partial charge is 0.435 e. The van der Waals surface area contributed by atoms with Crippen LogP contribution >= 0.6 is 11.6 Å². The first-order chi connectivity index (χ1) is 36.0. The number of pyridine rings is 1. The summed E-state index contributed by atoms with van der Waals surface area (Å²) in [5.74, 6) is -12.7. The summed E-state index contributed by atoms with van der Waals surface area (Å²) in [5.41, 5.74) is -7.02. The third kappa shape index (κ3) is 12.3. The van der Waals surface area contributed by atoms with Gasteiger partial charge in [0.15, 0.2) is 15.5 Å². The highest BCUT2D eigenvalue weighted by molar-refractivity contribution is 7.92. The highest BCUT2D eigenvalue weighted by Gasteiger charge is 2.68. The van der Waals surface area contributed by atoms with Crippen LogP contribution in [0.1, 0.15) is 84.7 Å². The number of aliphatic carboxylic acids is 2. The molecule has 32 heteroatoms. The summed E-state index contributed by atoms with van der Waals surface area (Å²) in [5, 5.41) is 28.7. The zero-order valence-electron chi connectivity index (χ0n) is 40.1. The Balaban J connectivity index is 1.45. The largest absolute Gasteiger partial charge is 0.481 e. The van der Waals surface area contributed by atoms with E-state index in [1.54, 1.807) is 5.32 Å². The van der Waals surface area contributed by atoms with Crippen LogP contribution in [-0.2, 0) is 82.9 Å². The predicted molar refractivity (Wildman–Crippen MR) is 250 cm³/mol. The molecule has 0 aliphatic heterocycles. The van der Waals surface area contributed by atoms with E-state index in [-0.39, 0.29) is 36.9 Å². The molecule has 1 saturated carbocycles. The molecule has 2 aromatic carbocycles. The standard InChI is InChI=1S/C46H39ClF10N8O11S2/c1-43(2,78(3,75)76)11-10-23-4-5-24(25-6-7-28(47)35-31(61-64(37(25)35)19-44(50,51)52)17-65(77(73)74)41(70)29(8-9-33(67)68)60-40(69)42(71)72)36(58-23)30(14-20-12-21(48)15-22(49)13-20)59-32(66)18-63-39-34(38(62-63)46(55,56)57)26-16-27(26)45(39,53)54/h4-7,12-13,15,26-27,29-30,77H,8-9,14,16-19H2,1-3H3,(H,59,66)(H,60,69)(H,67,68)(H,71,72)/t26-,27+,29?,30?/m0/s1. The van der Waals surface area contributed by atoms with Crippen LogP contribution in [0.3, 0.4) is 0 Å². The van der Waals surface area contributed by atoms with Gasteiger partial charge in [-0.3, -0.25) is 28.5 Å². The molecule has 3 amide bonds. The molecule has 4 atom stereocenters. The number of fused-ring (bicyclic) bond motifs is 4. The van der Waals surface area contributed by atoms with Gasteiger partial charge in [0.2, 0.25) is 16.8 Å². The van der Waals surface area contributed by atoms with Gasteiger partial charge in [-0.1, -0.05) is 23.6 Å². The van der Waals surface area contributed by atoms with E-state index >= 15 is 8.78 Å². The van der Waals surface area contributed by atoms with Crippen molar-refractivity contribution in [2.45, 2.75) is 100 Å². The molecule has 2 aliphatic carbocycles. The Hall–Kier alpha value is -7.33. The third-order valence-corrected chi connectivity index (χ3v) is 15.6. The second-order valence-electron chi connectivity index (χ2n) is 18.5. The molecule has 7 rings (SSSR count). The Morgan fingerprint density at radius 3 is 2.17 bits per heavy atom. The molecule has 4 N–H and O–H groups in total. The van der Waals surface area contributed by atoms with Crippen LogP contribution in [0.15, 0.2) is 42.5 Å². The number of hydrogen-bond acceptors (Lipinski definition) is 12. The number of carboxylic acid groups (broad SMARTS) is 2. The van der Waals surface area contributed by atoms with Crippen molar-refractivity contribution in [1.82, 2.24) is 39.5 Å². The van der Waals surface area contributed by atoms with E-state index in [1.807, 2.05) is 0 Å². The van der Waals surface area contributed by atoms with Crippen molar-refractivity contribution in [3.05, 3.63) is 98.7 Å². The number of aromatic nitrogens is 5. The molecule has 78 heavy (non-hydrogen) atoms. The molecule has 418 valence electrons. The number of carbonyl (C=O) groups is 5. The molecule has 3 heterocycles. The second kappa shape index (κ2) is 21.1. The molecule has 3 aromatic heterocycles. The topological polar surface area (TPSA) is 270 Å². The predicted octanol–water partition coefficient (Wildman–Crippen LogP) is 5.58. The maximum atomic E-state index is 15.6. The normalized spacial score (nSPS) is 16.7.